The molecule has 0 aliphatic carbocycles. The molecule has 0 spiro atoms. The Labute approximate surface area is 204 Å². The second-order valence-corrected chi connectivity index (χ2v) is 10.8. The van der Waals surface area contributed by atoms with Crippen LogP contribution in [0.3, 0.4) is 0 Å². The fourth-order valence-corrected chi connectivity index (χ4v) is 3.03. The fourth-order valence-electron chi connectivity index (χ4n) is 2.86. The van der Waals surface area contributed by atoms with Crippen LogP contribution in [0.2, 0.25) is 0 Å². The third kappa shape index (κ3) is 9.54. The summed E-state index contributed by atoms with van der Waals surface area (Å²) in [5, 5.41) is 2.19. The third-order valence-corrected chi connectivity index (χ3v) is 4.63. The van der Waals surface area contributed by atoms with Crippen LogP contribution in [-0.2, 0) is 15.7 Å². The summed E-state index contributed by atoms with van der Waals surface area (Å²) >= 11 is 16.5. The number of carbonyl (C=O) groups is 2. The van der Waals surface area contributed by atoms with Gasteiger partial charge in [-0.2, -0.15) is 13.2 Å². The standard InChI is InChI=1S/C20H24Cl3F3N2O5/c1-18(2,3)33-17(30)28-8-6-13(7-9-28)32-15-5-4-12(20(24,25)26)10-14(15)27-16(29)31-11-19(21,22)23/h4-5,10,13H,6-9,11H2,1-3H3,(H,27,29). The maximum Gasteiger partial charge on any atom is 0.416 e. The van der Waals surface area contributed by atoms with Gasteiger partial charge >= 0.3 is 18.4 Å². The molecule has 0 unspecified atom stereocenters. The summed E-state index contributed by atoms with van der Waals surface area (Å²) < 4.78 is 53.5. The molecule has 1 fully saturated rings. The number of halogens is 6. The van der Waals surface area contributed by atoms with E-state index in [4.69, 9.17) is 49.0 Å². The van der Waals surface area contributed by atoms with Crippen molar-refractivity contribution in [2.75, 3.05) is 25.0 Å². The lowest BCUT2D eigenvalue weighted by atomic mass is 10.1. The van der Waals surface area contributed by atoms with Gasteiger partial charge in [0, 0.05) is 25.9 Å². The summed E-state index contributed by atoms with van der Waals surface area (Å²) in [5.74, 6) is 0.00421. The van der Waals surface area contributed by atoms with Crippen LogP contribution in [0, 0.1) is 0 Å². The SMILES string of the molecule is CC(C)(C)OC(=O)N1CCC(Oc2ccc(C(F)(F)F)cc2NC(=O)OCC(Cl)(Cl)Cl)CC1. The Morgan fingerprint density at radius 1 is 1.12 bits per heavy atom. The highest BCUT2D eigenvalue weighted by molar-refractivity contribution is 6.67. The summed E-state index contributed by atoms with van der Waals surface area (Å²) in [4.78, 5) is 25.7. The molecule has 1 heterocycles. The third-order valence-electron chi connectivity index (χ3n) is 4.30. The molecule has 0 saturated carbocycles. The lowest BCUT2D eigenvalue weighted by molar-refractivity contribution is -0.137. The molecule has 1 aliphatic rings. The van der Waals surface area contributed by atoms with Crippen LogP contribution in [0.25, 0.3) is 0 Å². The van der Waals surface area contributed by atoms with Crippen LogP contribution in [0.15, 0.2) is 18.2 Å². The van der Waals surface area contributed by atoms with Gasteiger partial charge in [-0.3, -0.25) is 5.32 Å². The summed E-state index contributed by atoms with van der Waals surface area (Å²) in [5.41, 5.74) is -1.88. The van der Waals surface area contributed by atoms with E-state index in [1.165, 1.54) is 4.90 Å². The minimum atomic E-state index is -4.64. The first-order chi connectivity index (χ1) is 15.0. The highest BCUT2D eigenvalue weighted by Crippen LogP contribution is 2.36. The number of hydrogen-bond donors (Lipinski definition) is 1. The fraction of sp³-hybridized carbons (Fsp3) is 0.600. The molecule has 1 aliphatic heterocycles. The Kier molecular flexibility index (Phi) is 8.86. The molecular formula is C20H24Cl3F3N2O5. The zero-order chi connectivity index (χ0) is 25.0. The minimum absolute atomic E-state index is 0.00421. The van der Waals surface area contributed by atoms with Crippen LogP contribution in [0.5, 0.6) is 5.75 Å². The Morgan fingerprint density at radius 2 is 1.73 bits per heavy atom. The smallest absolute Gasteiger partial charge is 0.416 e. The second-order valence-electron chi connectivity index (χ2n) is 8.31. The number of anilines is 1. The van der Waals surface area contributed by atoms with Crippen molar-refractivity contribution in [2.45, 2.75) is 55.3 Å². The van der Waals surface area contributed by atoms with Crippen LogP contribution in [0.4, 0.5) is 28.4 Å². The molecular weight excluding hydrogens is 512 g/mol. The van der Waals surface area contributed by atoms with Gasteiger partial charge in [-0.05, 0) is 39.0 Å². The molecule has 1 aromatic rings. The number of piperidine rings is 1. The van der Waals surface area contributed by atoms with Crippen LogP contribution >= 0.6 is 34.8 Å². The normalized spacial score (nSPS) is 15.7. The molecule has 2 rings (SSSR count). The van der Waals surface area contributed by atoms with Gasteiger partial charge in [0.25, 0.3) is 0 Å². The van der Waals surface area contributed by atoms with Crippen molar-refractivity contribution in [3.63, 3.8) is 0 Å². The summed E-state index contributed by atoms with van der Waals surface area (Å²) in [6.07, 6.45) is -5.79. The quantitative estimate of drug-likeness (QED) is 0.451. The maximum atomic E-state index is 13.1. The van der Waals surface area contributed by atoms with E-state index in [0.717, 1.165) is 18.2 Å². The van der Waals surface area contributed by atoms with E-state index < -0.39 is 46.0 Å². The molecule has 2 amide bonds. The van der Waals surface area contributed by atoms with Crippen LogP contribution in [-0.4, -0.2) is 52.3 Å². The van der Waals surface area contributed by atoms with Gasteiger partial charge in [0.15, 0.2) is 0 Å². The minimum Gasteiger partial charge on any atom is -0.488 e. The Balaban J connectivity index is 2.08. The lowest BCUT2D eigenvalue weighted by Crippen LogP contribution is -2.44. The van der Waals surface area contributed by atoms with Gasteiger partial charge < -0.3 is 19.1 Å². The van der Waals surface area contributed by atoms with E-state index in [9.17, 15) is 22.8 Å². The summed E-state index contributed by atoms with van der Waals surface area (Å²) in [7, 11) is 0. The molecule has 7 nitrogen and oxygen atoms in total. The molecule has 13 heteroatoms. The van der Waals surface area contributed by atoms with Gasteiger partial charge in [-0.25, -0.2) is 9.59 Å². The number of nitrogens with zero attached hydrogens (tertiary/aromatic N) is 1. The molecule has 0 aromatic heterocycles. The number of rotatable bonds is 4. The van der Waals surface area contributed by atoms with E-state index >= 15 is 0 Å². The van der Waals surface area contributed by atoms with E-state index in [2.05, 4.69) is 5.32 Å². The van der Waals surface area contributed by atoms with E-state index in [0.29, 0.717) is 25.9 Å². The Hall–Kier alpha value is -1.78. The van der Waals surface area contributed by atoms with E-state index in [1.807, 2.05) is 0 Å². The average Bonchev–Trinajstić information content (AvgIpc) is 2.65. The van der Waals surface area contributed by atoms with Crippen molar-refractivity contribution in [3.8, 4) is 5.75 Å². The first-order valence-corrected chi connectivity index (χ1v) is 11.0. The number of nitrogens with one attached hydrogen (secondary N) is 1. The summed E-state index contributed by atoms with van der Waals surface area (Å²) in [6, 6.07) is 2.67. The first kappa shape index (κ1) is 27.5. The highest BCUT2D eigenvalue weighted by atomic mass is 35.6. The zero-order valence-corrected chi connectivity index (χ0v) is 20.4. The monoisotopic (exact) mass is 534 g/mol. The number of amides is 2. The van der Waals surface area contributed by atoms with Gasteiger partial charge in [0.2, 0.25) is 3.79 Å². The van der Waals surface area contributed by atoms with Crippen molar-refractivity contribution >= 4 is 52.7 Å². The molecule has 1 N–H and O–H groups in total. The highest BCUT2D eigenvalue weighted by Gasteiger charge is 2.33. The van der Waals surface area contributed by atoms with Crippen molar-refractivity contribution < 1.29 is 37.0 Å². The van der Waals surface area contributed by atoms with E-state index in [1.54, 1.807) is 20.8 Å². The predicted molar refractivity (Wildman–Crippen MR) is 118 cm³/mol. The van der Waals surface area contributed by atoms with Crippen molar-refractivity contribution in [2.24, 2.45) is 0 Å². The Morgan fingerprint density at radius 3 is 2.24 bits per heavy atom. The second kappa shape index (κ2) is 10.7. The molecule has 0 atom stereocenters. The van der Waals surface area contributed by atoms with Crippen LogP contribution in [0.1, 0.15) is 39.2 Å². The van der Waals surface area contributed by atoms with Gasteiger partial charge in [0.05, 0.1) is 11.3 Å². The number of alkyl halides is 6. The topological polar surface area (TPSA) is 77.1 Å². The zero-order valence-electron chi connectivity index (χ0n) is 18.1. The average molecular weight is 536 g/mol. The van der Waals surface area contributed by atoms with Crippen LogP contribution < -0.4 is 10.1 Å². The molecule has 186 valence electrons. The lowest BCUT2D eigenvalue weighted by Gasteiger charge is -2.33. The predicted octanol–water partition coefficient (Wildman–Crippen LogP) is 6.40. The van der Waals surface area contributed by atoms with Gasteiger partial charge in [-0.15, -0.1) is 0 Å². The van der Waals surface area contributed by atoms with Crippen molar-refractivity contribution in [3.05, 3.63) is 23.8 Å². The van der Waals surface area contributed by atoms with Gasteiger partial charge in [-0.1, -0.05) is 34.8 Å². The Bertz CT molecular complexity index is 849. The molecule has 1 aromatic carbocycles. The molecule has 0 bridgehead atoms. The van der Waals surface area contributed by atoms with Gasteiger partial charge in [0.1, 0.15) is 24.1 Å². The number of carbonyl (C=O) groups excluding carboxylic acids is 2. The first-order valence-electron chi connectivity index (χ1n) is 9.90. The number of likely N-dealkylation sites (tertiary alicyclic amines) is 1. The molecule has 33 heavy (non-hydrogen) atoms. The largest absolute Gasteiger partial charge is 0.488 e. The van der Waals surface area contributed by atoms with Crippen molar-refractivity contribution in [1.82, 2.24) is 4.90 Å². The molecule has 1 saturated heterocycles. The number of ether oxygens (including phenoxy) is 3. The molecule has 0 radical (unpaired) electrons. The number of benzene rings is 1. The van der Waals surface area contributed by atoms with E-state index in [-0.39, 0.29) is 11.4 Å². The van der Waals surface area contributed by atoms with Crippen molar-refractivity contribution in [1.29, 1.82) is 0 Å². The summed E-state index contributed by atoms with van der Waals surface area (Å²) in [6.45, 7) is 5.36. The maximum absolute atomic E-state index is 13.1. The number of hydrogen-bond acceptors (Lipinski definition) is 5.